The zero-order valence-electron chi connectivity index (χ0n) is 9.23. The summed E-state index contributed by atoms with van der Waals surface area (Å²) in [5.74, 6) is -1.30. The van der Waals surface area contributed by atoms with Crippen LogP contribution in [0.4, 0.5) is 0 Å². The van der Waals surface area contributed by atoms with Crippen molar-refractivity contribution < 1.29 is 14.7 Å². The Morgan fingerprint density at radius 1 is 1.60 bits per heavy atom. The zero-order chi connectivity index (χ0) is 11.6. The Bertz CT molecular complexity index is 310. The normalized spacial score (nSPS) is 21.1. The van der Waals surface area contributed by atoms with E-state index in [1.165, 1.54) is 5.01 Å². The van der Waals surface area contributed by atoms with E-state index >= 15 is 0 Å². The van der Waals surface area contributed by atoms with Crippen LogP contribution in [0.3, 0.4) is 0 Å². The van der Waals surface area contributed by atoms with Crippen LogP contribution in [0, 0.1) is 5.92 Å². The molecule has 1 rings (SSSR count). The third-order valence-corrected chi connectivity index (χ3v) is 2.43. The van der Waals surface area contributed by atoms with Crippen LogP contribution in [0.1, 0.15) is 33.6 Å². The minimum atomic E-state index is -0.876. The lowest BCUT2D eigenvalue weighted by Crippen LogP contribution is -2.32. The van der Waals surface area contributed by atoms with Crippen LogP contribution < -0.4 is 0 Å². The molecular weight excluding hydrogens is 196 g/mol. The quantitative estimate of drug-likeness (QED) is 0.758. The second kappa shape index (κ2) is 4.42. The highest BCUT2D eigenvalue weighted by molar-refractivity contribution is 6.07. The van der Waals surface area contributed by atoms with Crippen molar-refractivity contribution in [3.63, 3.8) is 0 Å². The molecule has 1 aliphatic heterocycles. The molecule has 0 saturated carbocycles. The molecule has 84 valence electrons. The van der Waals surface area contributed by atoms with E-state index < -0.39 is 5.97 Å². The van der Waals surface area contributed by atoms with Crippen LogP contribution in [0.25, 0.3) is 0 Å². The van der Waals surface area contributed by atoms with Gasteiger partial charge >= 0.3 is 5.97 Å². The van der Waals surface area contributed by atoms with E-state index in [1.807, 2.05) is 13.8 Å². The highest BCUT2D eigenvalue weighted by atomic mass is 16.4. The van der Waals surface area contributed by atoms with E-state index in [9.17, 15) is 9.59 Å². The summed E-state index contributed by atoms with van der Waals surface area (Å²) in [6.07, 6.45) is 0.349. The lowest BCUT2D eigenvalue weighted by molar-refractivity contribution is -0.137. The Morgan fingerprint density at radius 2 is 2.20 bits per heavy atom. The number of hydrazone groups is 1. The monoisotopic (exact) mass is 212 g/mol. The predicted octanol–water partition coefficient (Wildman–Crippen LogP) is 1.09. The fourth-order valence-electron chi connectivity index (χ4n) is 1.60. The Labute approximate surface area is 88.8 Å². The molecule has 0 aromatic heterocycles. The van der Waals surface area contributed by atoms with Gasteiger partial charge in [-0.3, -0.25) is 9.59 Å². The standard InChI is InChI=1S/C10H16N2O3/c1-6(2)12-10(15)8(7(3)11-12)4-5-9(13)14/h6,8H,4-5H2,1-3H3,(H,13,14)/t8-/m0/s1. The number of carbonyl (C=O) groups excluding carboxylic acids is 1. The van der Waals surface area contributed by atoms with E-state index in [0.29, 0.717) is 6.42 Å². The minimum absolute atomic E-state index is 0.00913. The topological polar surface area (TPSA) is 70.0 Å². The van der Waals surface area contributed by atoms with Crippen molar-refractivity contribution in [2.75, 3.05) is 0 Å². The highest BCUT2D eigenvalue weighted by Crippen LogP contribution is 2.22. The molecule has 1 amide bonds. The number of aliphatic carboxylic acids is 1. The van der Waals surface area contributed by atoms with Crippen LogP contribution in [0.2, 0.25) is 0 Å². The van der Waals surface area contributed by atoms with E-state index in [4.69, 9.17) is 5.11 Å². The molecule has 15 heavy (non-hydrogen) atoms. The van der Waals surface area contributed by atoms with Gasteiger partial charge in [-0.2, -0.15) is 5.10 Å². The summed E-state index contributed by atoms with van der Waals surface area (Å²) in [4.78, 5) is 22.2. The van der Waals surface area contributed by atoms with Gasteiger partial charge in [-0.05, 0) is 27.2 Å². The van der Waals surface area contributed by atoms with Crippen LogP contribution in [-0.2, 0) is 9.59 Å². The molecule has 0 aromatic rings. The summed E-state index contributed by atoms with van der Waals surface area (Å²) in [6, 6.07) is 0.0299. The maximum absolute atomic E-state index is 11.8. The smallest absolute Gasteiger partial charge is 0.303 e. The predicted molar refractivity (Wildman–Crippen MR) is 55.5 cm³/mol. The Morgan fingerprint density at radius 3 is 2.60 bits per heavy atom. The Balaban J connectivity index is 2.65. The molecule has 1 heterocycles. The molecule has 1 N–H and O–H groups in total. The summed E-state index contributed by atoms with van der Waals surface area (Å²) < 4.78 is 0. The largest absolute Gasteiger partial charge is 0.481 e. The molecule has 0 aromatic carbocycles. The first-order valence-electron chi connectivity index (χ1n) is 5.03. The fraction of sp³-hybridized carbons (Fsp3) is 0.700. The van der Waals surface area contributed by atoms with Crippen molar-refractivity contribution in [2.24, 2.45) is 11.0 Å². The van der Waals surface area contributed by atoms with Crippen molar-refractivity contribution in [1.29, 1.82) is 0 Å². The third-order valence-electron chi connectivity index (χ3n) is 2.43. The van der Waals surface area contributed by atoms with Crippen molar-refractivity contribution >= 4 is 17.6 Å². The average molecular weight is 212 g/mol. The van der Waals surface area contributed by atoms with Gasteiger partial charge in [-0.1, -0.05) is 0 Å². The summed E-state index contributed by atoms with van der Waals surface area (Å²) in [5.41, 5.74) is 0.718. The summed E-state index contributed by atoms with van der Waals surface area (Å²) in [7, 11) is 0. The molecule has 0 bridgehead atoms. The van der Waals surface area contributed by atoms with Gasteiger partial charge in [0.15, 0.2) is 0 Å². The Kier molecular flexibility index (Phi) is 3.44. The molecule has 0 unspecified atom stereocenters. The van der Waals surface area contributed by atoms with Gasteiger partial charge in [0.2, 0.25) is 0 Å². The van der Waals surface area contributed by atoms with Gasteiger partial charge in [0.05, 0.1) is 5.92 Å². The highest BCUT2D eigenvalue weighted by Gasteiger charge is 2.34. The number of carboxylic acid groups (broad SMARTS) is 1. The molecule has 0 saturated heterocycles. The molecular formula is C10H16N2O3. The van der Waals surface area contributed by atoms with E-state index in [2.05, 4.69) is 5.10 Å². The molecule has 5 heteroatoms. The van der Waals surface area contributed by atoms with Crippen LogP contribution in [0.5, 0.6) is 0 Å². The second-order valence-electron chi connectivity index (χ2n) is 4.00. The second-order valence-corrected chi connectivity index (χ2v) is 4.00. The van der Waals surface area contributed by atoms with Gasteiger partial charge in [0.1, 0.15) is 0 Å². The number of amides is 1. The summed E-state index contributed by atoms with van der Waals surface area (Å²) in [5, 5.41) is 14.1. The van der Waals surface area contributed by atoms with Crippen LogP contribution >= 0.6 is 0 Å². The number of hydrogen-bond donors (Lipinski definition) is 1. The van der Waals surface area contributed by atoms with Gasteiger partial charge in [0.25, 0.3) is 5.91 Å². The first kappa shape index (κ1) is 11.7. The summed E-state index contributed by atoms with van der Waals surface area (Å²) >= 11 is 0. The molecule has 5 nitrogen and oxygen atoms in total. The molecule has 1 aliphatic rings. The molecule has 0 radical (unpaired) electrons. The SMILES string of the molecule is CC1=NN(C(C)C)C(=O)[C@H]1CCC(=O)O. The fourth-order valence-corrected chi connectivity index (χ4v) is 1.60. The number of nitrogens with zero attached hydrogens (tertiary/aromatic N) is 2. The molecule has 0 spiro atoms. The van der Waals surface area contributed by atoms with E-state index in [-0.39, 0.29) is 24.3 Å². The number of hydrogen-bond acceptors (Lipinski definition) is 3. The van der Waals surface area contributed by atoms with Crippen molar-refractivity contribution in [3.8, 4) is 0 Å². The lowest BCUT2D eigenvalue weighted by Gasteiger charge is -2.17. The number of carboxylic acids is 1. The molecule has 1 atom stereocenters. The number of carbonyl (C=O) groups is 2. The van der Waals surface area contributed by atoms with Gasteiger partial charge in [0, 0.05) is 18.2 Å². The Hall–Kier alpha value is -1.39. The number of rotatable bonds is 4. The van der Waals surface area contributed by atoms with Gasteiger partial charge in [-0.25, -0.2) is 5.01 Å². The van der Waals surface area contributed by atoms with Crippen LogP contribution in [0.15, 0.2) is 5.10 Å². The average Bonchev–Trinajstić information content (AvgIpc) is 2.39. The van der Waals surface area contributed by atoms with Crippen molar-refractivity contribution in [3.05, 3.63) is 0 Å². The van der Waals surface area contributed by atoms with Gasteiger partial charge in [-0.15, -0.1) is 0 Å². The lowest BCUT2D eigenvalue weighted by atomic mass is 9.98. The molecule has 0 aliphatic carbocycles. The van der Waals surface area contributed by atoms with Crippen molar-refractivity contribution in [1.82, 2.24) is 5.01 Å². The van der Waals surface area contributed by atoms with Crippen LogP contribution in [-0.4, -0.2) is 33.7 Å². The first-order valence-corrected chi connectivity index (χ1v) is 5.03. The minimum Gasteiger partial charge on any atom is -0.481 e. The maximum Gasteiger partial charge on any atom is 0.303 e. The third kappa shape index (κ3) is 2.55. The van der Waals surface area contributed by atoms with Crippen molar-refractivity contribution in [2.45, 2.75) is 39.7 Å². The van der Waals surface area contributed by atoms with Gasteiger partial charge < -0.3 is 5.11 Å². The first-order chi connectivity index (χ1) is 6.93. The summed E-state index contributed by atoms with van der Waals surface area (Å²) in [6.45, 7) is 5.54. The van der Waals surface area contributed by atoms with E-state index in [0.717, 1.165) is 5.71 Å². The zero-order valence-corrected chi connectivity index (χ0v) is 9.23. The van der Waals surface area contributed by atoms with E-state index in [1.54, 1.807) is 6.92 Å². The molecule has 0 fully saturated rings. The maximum atomic E-state index is 11.8.